The summed E-state index contributed by atoms with van der Waals surface area (Å²) in [7, 11) is -1.57. The summed E-state index contributed by atoms with van der Waals surface area (Å²) in [5.74, 6) is 0.603. The smallest absolute Gasteiger partial charge is 0.103 e. The molecule has 0 aliphatic carbocycles. The second-order valence-electron chi connectivity index (χ2n) is 6.93. The molecule has 2 heteroatoms. The van der Waals surface area contributed by atoms with Crippen molar-refractivity contribution < 1.29 is 4.74 Å². The lowest BCUT2D eigenvalue weighted by molar-refractivity contribution is 0.00818. The van der Waals surface area contributed by atoms with E-state index in [9.17, 15) is 0 Å². The number of benzene rings is 1. The third kappa shape index (κ3) is 6.02. The molecule has 1 nitrogen and oxygen atoms in total. The Balaban J connectivity index is 2.93. The van der Waals surface area contributed by atoms with Crippen molar-refractivity contribution in [3.63, 3.8) is 0 Å². The number of rotatable bonds is 8. The van der Waals surface area contributed by atoms with Crippen LogP contribution in [0.15, 0.2) is 54.8 Å². The van der Waals surface area contributed by atoms with Gasteiger partial charge in [0.05, 0.1) is 12.2 Å². The first-order valence-electron chi connectivity index (χ1n) is 7.80. The summed E-state index contributed by atoms with van der Waals surface area (Å²) < 4.78 is 6.04. The molecule has 0 fully saturated rings. The van der Waals surface area contributed by atoms with Crippen molar-refractivity contribution in [2.45, 2.75) is 45.9 Å². The molecule has 0 bridgehead atoms. The number of ether oxygens (including phenoxy) is 1. The summed E-state index contributed by atoms with van der Waals surface area (Å²) >= 11 is 0. The SMILES string of the molecule is C=CCOC(C)(/C=C/[Si](C)(C)c1ccccc1)CC(C)C. The molecule has 0 aliphatic heterocycles. The van der Waals surface area contributed by atoms with Crippen LogP contribution in [-0.2, 0) is 4.74 Å². The predicted molar refractivity (Wildman–Crippen MR) is 96.7 cm³/mol. The Hall–Kier alpha value is -1.12. The van der Waals surface area contributed by atoms with Crippen molar-refractivity contribution >= 4 is 13.3 Å². The molecule has 0 aromatic heterocycles. The molecule has 116 valence electrons. The molecule has 0 saturated heterocycles. The number of hydrogen-bond acceptors (Lipinski definition) is 1. The van der Waals surface area contributed by atoms with E-state index in [0.29, 0.717) is 12.5 Å². The maximum atomic E-state index is 6.04. The van der Waals surface area contributed by atoms with Crippen molar-refractivity contribution in [3.8, 4) is 0 Å². The zero-order valence-corrected chi connectivity index (χ0v) is 15.2. The summed E-state index contributed by atoms with van der Waals surface area (Å²) in [5, 5.41) is 1.46. The van der Waals surface area contributed by atoms with E-state index in [-0.39, 0.29) is 5.60 Å². The fourth-order valence-electron chi connectivity index (χ4n) is 2.58. The van der Waals surface area contributed by atoms with Crippen LogP contribution in [0.2, 0.25) is 13.1 Å². The van der Waals surface area contributed by atoms with Crippen molar-refractivity contribution in [2.75, 3.05) is 6.61 Å². The van der Waals surface area contributed by atoms with Gasteiger partial charge in [0.2, 0.25) is 0 Å². The Morgan fingerprint density at radius 2 is 1.86 bits per heavy atom. The standard InChI is InChI=1S/C19H30OSi/c1-7-14-20-19(4,16-17(2)3)13-15-21(5,6)18-11-9-8-10-12-18/h7-13,15,17H,1,14,16H2,2-6H3/b15-13+. The average Bonchev–Trinajstić information content (AvgIpc) is 2.44. The second kappa shape index (κ2) is 7.76. The van der Waals surface area contributed by atoms with Gasteiger partial charge in [0, 0.05) is 0 Å². The highest BCUT2D eigenvalue weighted by Gasteiger charge is 2.26. The molecule has 0 N–H and O–H groups in total. The summed E-state index contributed by atoms with van der Waals surface area (Å²) in [6, 6.07) is 10.8. The third-order valence-corrected chi connectivity index (χ3v) is 6.54. The highest BCUT2D eigenvalue weighted by atomic mass is 28.3. The molecular formula is C19H30OSi. The van der Waals surface area contributed by atoms with Gasteiger partial charge in [-0.2, -0.15) is 0 Å². The molecule has 1 unspecified atom stereocenters. The molecule has 21 heavy (non-hydrogen) atoms. The van der Waals surface area contributed by atoms with Crippen molar-refractivity contribution in [2.24, 2.45) is 5.92 Å². The first kappa shape index (κ1) is 17.9. The summed E-state index contributed by atoms with van der Waals surface area (Å²) in [4.78, 5) is 0. The molecule has 1 aromatic rings. The van der Waals surface area contributed by atoms with Gasteiger partial charge in [0.1, 0.15) is 8.07 Å². The predicted octanol–water partition coefficient (Wildman–Crippen LogP) is 4.70. The molecule has 0 heterocycles. The van der Waals surface area contributed by atoms with Crippen LogP contribution in [-0.4, -0.2) is 20.3 Å². The van der Waals surface area contributed by atoms with E-state index in [1.54, 1.807) is 0 Å². The van der Waals surface area contributed by atoms with E-state index >= 15 is 0 Å². The minimum atomic E-state index is -1.57. The molecule has 0 amide bonds. The Bertz CT molecular complexity index is 462. The van der Waals surface area contributed by atoms with Crippen molar-refractivity contribution in [1.29, 1.82) is 0 Å². The lowest BCUT2D eigenvalue weighted by Crippen LogP contribution is -2.40. The van der Waals surface area contributed by atoms with Crippen LogP contribution < -0.4 is 5.19 Å². The van der Waals surface area contributed by atoms with Gasteiger partial charge in [-0.15, -0.1) is 6.58 Å². The largest absolute Gasteiger partial charge is 0.367 e. The molecule has 0 saturated carbocycles. The normalized spacial score (nSPS) is 15.3. The van der Waals surface area contributed by atoms with E-state index < -0.39 is 8.07 Å². The van der Waals surface area contributed by atoms with Crippen LogP contribution in [0, 0.1) is 5.92 Å². The second-order valence-corrected chi connectivity index (χ2v) is 11.3. The van der Waals surface area contributed by atoms with Crippen LogP contribution in [0.5, 0.6) is 0 Å². The molecule has 1 atom stereocenters. The van der Waals surface area contributed by atoms with E-state index in [2.05, 4.69) is 82.6 Å². The topological polar surface area (TPSA) is 9.23 Å². The summed E-state index contributed by atoms with van der Waals surface area (Å²) in [6.45, 7) is 15.8. The minimum absolute atomic E-state index is 0.207. The van der Waals surface area contributed by atoms with E-state index in [1.165, 1.54) is 5.19 Å². The van der Waals surface area contributed by atoms with Crippen LogP contribution in [0.3, 0.4) is 0 Å². The van der Waals surface area contributed by atoms with Crippen LogP contribution >= 0.6 is 0 Å². The first-order valence-corrected chi connectivity index (χ1v) is 10.9. The highest BCUT2D eigenvalue weighted by Crippen LogP contribution is 2.24. The lowest BCUT2D eigenvalue weighted by atomic mass is 9.94. The minimum Gasteiger partial charge on any atom is -0.367 e. The molecule has 1 aromatic carbocycles. The molecule has 0 spiro atoms. The van der Waals surface area contributed by atoms with Gasteiger partial charge >= 0.3 is 0 Å². The zero-order chi connectivity index (χ0) is 15.9. The van der Waals surface area contributed by atoms with Gasteiger partial charge in [0.25, 0.3) is 0 Å². The maximum absolute atomic E-state index is 6.04. The van der Waals surface area contributed by atoms with Crippen molar-refractivity contribution in [3.05, 3.63) is 54.8 Å². The van der Waals surface area contributed by atoms with Gasteiger partial charge in [-0.1, -0.05) is 80.3 Å². The third-order valence-electron chi connectivity index (χ3n) is 3.71. The Labute approximate surface area is 131 Å². The van der Waals surface area contributed by atoms with E-state index in [0.717, 1.165) is 6.42 Å². The summed E-state index contributed by atoms with van der Waals surface area (Å²) in [5.41, 5.74) is 2.20. The van der Waals surface area contributed by atoms with Gasteiger partial charge < -0.3 is 4.74 Å². The van der Waals surface area contributed by atoms with Crippen LogP contribution in [0.25, 0.3) is 0 Å². The van der Waals surface area contributed by atoms with Crippen LogP contribution in [0.4, 0.5) is 0 Å². The molecular weight excluding hydrogens is 272 g/mol. The van der Waals surface area contributed by atoms with Gasteiger partial charge in [0.15, 0.2) is 0 Å². The van der Waals surface area contributed by atoms with E-state index in [4.69, 9.17) is 4.74 Å². The molecule has 1 rings (SSSR count). The van der Waals surface area contributed by atoms with Gasteiger partial charge in [-0.05, 0) is 19.3 Å². The summed E-state index contributed by atoms with van der Waals surface area (Å²) in [6.07, 6.45) is 5.14. The number of hydrogen-bond donors (Lipinski definition) is 0. The Morgan fingerprint density at radius 3 is 2.38 bits per heavy atom. The lowest BCUT2D eigenvalue weighted by Gasteiger charge is -2.30. The fraction of sp³-hybridized carbons (Fsp3) is 0.474. The quantitative estimate of drug-likeness (QED) is 0.499. The first-order chi connectivity index (χ1) is 9.79. The maximum Gasteiger partial charge on any atom is 0.103 e. The molecule has 0 radical (unpaired) electrons. The zero-order valence-electron chi connectivity index (χ0n) is 14.2. The fourth-order valence-corrected chi connectivity index (χ4v) is 4.60. The monoisotopic (exact) mass is 302 g/mol. The van der Waals surface area contributed by atoms with Crippen molar-refractivity contribution in [1.82, 2.24) is 0 Å². The average molecular weight is 303 g/mol. The Morgan fingerprint density at radius 1 is 1.24 bits per heavy atom. The molecule has 0 aliphatic rings. The van der Waals surface area contributed by atoms with Gasteiger partial charge in [-0.3, -0.25) is 0 Å². The Kier molecular flexibility index (Phi) is 6.63. The highest BCUT2D eigenvalue weighted by molar-refractivity contribution is 6.93. The van der Waals surface area contributed by atoms with Crippen LogP contribution in [0.1, 0.15) is 27.2 Å². The van der Waals surface area contributed by atoms with Gasteiger partial charge in [-0.25, -0.2) is 0 Å². The van der Waals surface area contributed by atoms with E-state index in [1.807, 2.05) is 6.08 Å².